The summed E-state index contributed by atoms with van der Waals surface area (Å²) < 4.78 is 12.9. The molecular weight excluding hydrogens is 344 g/mol. The van der Waals surface area contributed by atoms with Crippen LogP contribution in [-0.4, -0.2) is 70.9 Å². The first kappa shape index (κ1) is 18.3. The highest BCUT2D eigenvalue weighted by atomic mass is 16.5. The smallest absolute Gasteiger partial charge is 0.156 e. The van der Waals surface area contributed by atoms with Gasteiger partial charge in [0.1, 0.15) is 18.2 Å². The van der Waals surface area contributed by atoms with Crippen molar-refractivity contribution < 1.29 is 9.47 Å². The zero-order valence-corrected chi connectivity index (χ0v) is 16.2. The van der Waals surface area contributed by atoms with Crippen molar-refractivity contribution in [2.24, 2.45) is 7.05 Å². The third-order valence-corrected chi connectivity index (χ3v) is 5.38. The number of ether oxygens (including phenoxy) is 2. The maximum atomic E-state index is 5.55. The Labute approximate surface area is 160 Å². The lowest BCUT2D eigenvalue weighted by Gasteiger charge is -2.35. The Morgan fingerprint density at radius 2 is 2.07 bits per heavy atom. The molecule has 0 aromatic carbocycles. The summed E-state index contributed by atoms with van der Waals surface area (Å²) in [6.07, 6.45) is 4.89. The number of hydrogen-bond donors (Lipinski definition) is 0. The number of methoxy groups -OCH3 is 1. The number of nitrogens with zero attached hydrogens (tertiary/aromatic N) is 6. The van der Waals surface area contributed by atoms with Gasteiger partial charge < -0.3 is 18.9 Å². The van der Waals surface area contributed by atoms with Crippen molar-refractivity contribution in [3.05, 3.63) is 35.8 Å². The van der Waals surface area contributed by atoms with Crippen LogP contribution in [0.4, 0.5) is 5.82 Å². The fourth-order valence-corrected chi connectivity index (χ4v) is 3.72. The predicted octanol–water partition coefficient (Wildman–Crippen LogP) is 1.18. The summed E-state index contributed by atoms with van der Waals surface area (Å²) in [7, 11) is 3.73. The Morgan fingerprint density at radius 3 is 2.74 bits per heavy atom. The van der Waals surface area contributed by atoms with Gasteiger partial charge in [-0.3, -0.25) is 4.90 Å². The molecule has 2 aromatic heterocycles. The molecule has 2 aliphatic heterocycles. The standard InChI is InChI=1S/C19H28N6O2/c1-23-5-4-20-19(23)12-24-6-8-25(9-7-24)18-11-16(15-3-10-27-13-15)21-17(22-18)14-26-2/h4-5,11,15H,3,6-10,12-14H2,1-2H3. The second kappa shape index (κ2) is 8.33. The van der Waals surface area contributed by atoms with E-state index < -0.39 is 0 Å². The molecule has 4 rings (SSSR count). The van der Waals surface area contributed by atoms with E-state index >= 15 is 0 Å². The summed E-state index contributed by atoms with van der Waals surface area (Å²) in [5.74, 6) is 3.24. The first-order valence-electron chi connectivity index (χ1n) is 9.61. The molecule has 2 aromatic rings. The molecule has 0 spiro atoms. The van der Waals surface area contributed by atoms with Crippen LogP contribution in [0.3, 0.4) is 0 Å². The van der Waals surface area contributed by atoms with Crippen LogP contribution in [0.5, 0.6) is 0 Å². The largest absolute Gasteiger partial charge is 0.381 e. The van der Waals surface area contributed by atoms with Crippen LogP contribution >= 0.6 is 0 Å². The van der Waals surface area contributed by atoms with Crippen molar-refractivity contribution in [1.29, 1.82) is 0 Å². The fraction of sp³-hybridized carbons (Fsp3) is 0.632. The number of piperazine rings is 1. The number of anilines is 1. The van der Waals surface area contributed by atoms with Gasteiger partial charge in [-0.15, -0.1) is 0 Å². The summed E-state index contributed by atoms with van der Waals surface area (Å²) in [5, 5.41) is 0. The van der Waals surface area contributed by atoms with Gasteiger partial charge >= 0.3 is 0 Å². The topological polar surface area (TPSA) is 68.5 Å². The minimum absolute atomic E-state index is 0.368. The Kier molecular flexibility index (Phi) is 5.66. The summed E-state index contributed by atoms with van der Waals surface area (Å²) >= 11 is 0. The maximum Gasteiger partial charge on any atom is 0.156 e. The molecule has 2 fully saturated rings. The van der Waals surface area contributed by atoms with Crippen molar-refractivity contribution in [1.82, 2.24) is 24.4 Å². The lowest BCUT2D eigenvalue weighted by atomic mass is 10.0. The van der Waals surface area contributed by atoms with E-state index in [2.05, 4.69) is 25.4 Å². The van der Waals surface area contributed by atoms with Crippen LogP contribution in [0.2, 0.25) is 0 Å². The van der Waals surface area contributed by atoms with E-state index in [1.54, 1.807) is 7.11 Å². The number of aryl methyl sites for hydroxylation is 1. The third kappa shape index (κ3) is 4.28. The molecule has 0 amide bonds. The van der Waals surface area contributed by atoms with Gasteiger partial charge in [0.15, 0.2) is 5.82 Å². The molecule has 146 valence electrons. The van der Waals surface area contributed by atoms with Gasteiger partial charge in [-0.25, -0.2) is 15.0 Å². The molecule has 0 N–H and O–H groups in total. The molecule has 27 heavy (non-hydrogen) atoms. The first-order chi connectivity index (χ1) is 13.2. The monoisotopic (exact) mass is 372 g/mol. The molecule has 0 radical (unpaired) electrons. The summed E-state index contributed by atoms with van der Waals surface area (Å²) in [5.41, 5.74) is 1.08. The van der Waals surface area contributed by atoms with Crippen molar-refractivity contribution in [3.8, 4) is 0 Å². The van der Waals surface area contributed by atoms with Crippen LogP contribution in [0, 0.1) is 0 Å². The molecule has 1 atom stereocenters. The normalized spacial score (nSPS) is 21.1. The van der Waals surface area contributed by atoms with Crippen molar-refractivity contribution in [2.75, 3.05) is 51.4 Å². The highest BCUT2D eigenvalue weighted by Crippen LogP contribution is 2.27. The SMILES string of the molecule is COCc1nc(C2CCOC2)cc(N2CCN(Cc3nccn3C)CC2)n1. The summed E-state index contributed by atoms with van der Waals surface area (Å²) in [6, 6.07) is 2.15. The first-order valence-corrected chi connectivity index (χ1v) is 9.61. The molecule has 8 nitrogen and oxygen atoms in total. The van der Waals surface area contributed by atoms with Gasteiger partial charge in [0.2, 0.25) is 0 Å². The van der Waals surface area contributed by atoms with Crippen molar-refractivity contribution in [2.45, 2.75) is 25.5 Å². The van der Waals surface area contributed by atoms with E-state index in [0.717, 1.165) is 75.5 Å². The molecule has 1 unspecified atom stereocenters. The van der Waals surface area contributed by atoms with Crippen LogP contribution in [0.15, 0.2) is 18.5 Å². The maximum absolute atomic E-state index is 5.55. The molecule has 2 saturated heterocycles. The van der Waals surface area contributed by atoms with Gasteiger partial charge in [-0.2, -0.15) is 0 Å². The quantitative estimate of drug-likeness (QED) is 0.754. The molecular formula is C19H28N6O2. The minimum Gasteiger partial charge on any atom is -0.381 e. The van der Waals surface area contributed by atoms with E-state index in [-0.39, 0.29) is 0 Å². The van der Waals surface area contributed by atoms with Crippen LogP contribution in [0.1, 0.15) is 29.7 Å². The zero-order chi connectivity index (χ0) is 18.6. The predicted molar refractivity (Wildman–Crippen MR) is 102 cm³/mol. The van der Waals surface area contributed by atoms with E-state index in [1.807, 2.05) is 19.4 Å². The third-order valence-electron chi connectivity index (χ3n) is 5.38. The van der Waals surface area contributed by atoms with E-state index in [4.69, 9.17) is 19.4 Å². The molecule has 0 aliphatic carbocycles. The zero-order valence-electron chi connectivity index (χ0n) is 16.2. The van der Waals surface area contributed by atoms with Gasteiger partial charge in [-0.1, -0.05) is 0 Å². The molecule has 0 bridgehead atoms. The Bertz CT molecular complexity index is 750. The highest BCUT2D eigenvalue weighted by molar-refractivity contribution is 5.41. The van der Waals surface area contributed by atoms with Gasteiger partial charge in [0.05, 0.1) is 18.8 Å². The number of rotatable bonds is 6. The lowest BCUT2D eigenvalue weighted by Crippen LogP contribution is -2.46. The molecule has 0 saturated carbocycles. The number of imidazole rings is 1. The van der Waals surface area contributed by atoms with E-state index in [9.17, 15) is 0 Å². The Balaban J connectivity index is 1.44. The average Bonchev–Trinajstić information content (AvgIpc) is 3.35. The van der Waals surface area contributed by atoms with Crippen LogP contribution in [-0.2, 0) is 29.7 Å². The Hall–Kier alpha value is -2.03. The van der Waals surface area contributed by atoms with Gasteiger partial charge in [0, 0.05) is 71.3 Å². The van der Waals surface area contributed by atoms with E-state index in [1.165, 1.54) is 0 Å². The number of hydrogen-bond acceptors (Lipinski definition) is 7. The fourth-order valence-electron chi connectivity index (χ4n) is 3.72. The van der Waals surface area contributed by atoms with E-state index in [0.29, 0.717) is 12.5 Å². The van der Waals surface area contributed by atoms with Crippen molar-refractivity contribution >= 4 is 5.82 Å². The molecule has 8 heteroatoms. The lowest BCUT2D eigenvalue weighted by molar-refractivity contribution is 0.177. The second-order valence-corrected chi connectivity index (χ2v) is 7.28. The number of aromatic nitrogens is 4. The molecule has 2 aliphatic rings. The summed E-state index contributed by atoms with van der Waals surface area (Å²) in [4.78, 5) is 18.7. The Morgan fingerprint density at radius 1 is 1.22 bits per heavy atom. The average molecular weight is 372 g/mol. The summed E-state index contributed by atoms with van der Waals surface area (Å²) in [6.45, 7) is 6.80. The van der Waals surface area contributed by atoms with Crippen LogP contribution in [0.25, 0.3) is 0 Å². The van der Waals surface area contributed by atoms with Crippen molar-refractivity contribution in [3.63, 3.8) is 0 Å². The van der Waals surface area contributed by atoms with Crippen LogP contribution < -0.4 is 4.90 Å². The minimum atomic E-state index is 0.368. The second-order valence-electron chi connectivity index (χ2n) is 7.28. The molecule has 4 heterocycles. The van der Waals surface area contributed by atoms with Gasteiger partial charge in [0.25, 0.3) is 0 Å². The highest BCUT2D eigenvalue weighted by Gasteiger charge is 2.24. The van der Waals surface area contributed by atoms with Gasteiger partial charge in [-0.05, 0) is 6.42 Å².